The predicted octanol–water partition coefficient (Wildman–Crippen LogP) is 6.53. The molecule has 0 saturated heterocycles. The van der Waals surface area contributed by atoms with Crippen molar-refractivity contribution in [1.29, 1.82) is 0 Å². The number of carbonyl (C=O) groups excluding carboxylic acids is 2. The molecule has 0 amide bonds. The van der Waals surface area contributed by atoms with Gasteiger partial charge in [-0.1, -0.05) is 66.7 Å². The number of fused-ring (bicyclic) bond motifs is 2. The van der Waals surface area contributed by atoms with E-state index >= 15 is 0 Å². The van der Waals surface area contributed by atoms with Gasteiger partial charge in [-0.05, 0) is 54.4 Å². The molecule has 0 aliphatic heterocycles. The molecular formula is C30H24O6S. The summed E-state index contributed by atoms with van der Waals surface area (Å²) in [5.41, 5.74) is 1.50. The lowest BCUT2D eigenvalue weighted by atomic mass is 10.0. The van der Waals surface area contributed by atoms with Gasteiger partial charge >= 0.3 is 5.97 Å². The normalized spacial score (nSPS) is 12.5. The maximum Gasteiger partial charge on any atom is 0.342 e. The van der Waals surface area contributed by atoms with Gasteiger partial charge in [0, 0.05) is 10.9 Å². The van der Waals surface area contributed by atoms with Crippen LogP contribution >= 0.6 is 0 Å². The molecule has 7 heteroatoms. The van der Waals surface area contributed by atoms with Crippen LogP contribution in [0, 0.1) is 0 Å². The minimum atomic E-state index is -4.10. The van der Waals surface area contributed by atoms with Crippen LogP contribution in [-0.4, -0.2) is 26.8 Å². The zero-order valence-corrected chi connectivity index (χ0v) is 21.1. The Balaban J connectivity index is 1.68. The molecule has 0 spiro atoms. The van der Waals surface area contributed by atoms with E-state index < -0.39 is 26.8 Å². The lowest BCUT2D eigenvalue weighted by molar-refractivity contribution is -0.116. The van der Waals surface area contributed by atoms with E-state index in [9.17, 15) is 18.0 Å². The molecule has 0 radical (unpaired) electrons. The van der Waals surface area contributed by atoms with E-state index in [0.29, 0.717) is 22.3 Å². The quantitative estimate of drug-likeness (QED) is 0.230. The number of hydrogen-bond acceptors (Lipinski definition) is 6. The minimum absolute atomic E-state index is 0.0503. The number of benzene rings is 4. The summed E-state index contributed by atoms with van der Waals surface area (Å²) in [5.74, 6) is -0.797. The van der Waals surface area contributed by atoms with Gasteiger partial charge in [-0.3, -0.25) is 4.79 Å². The van der Waals surface area contributed by atoms with Crippen molar-refractivity contribution in [3.63, 3.8) is 0 Å². The highest BCUT2D eigenvalue weighted by Crippen LogP contribution is 2.38. The van der Waals surface area contributed by atoms with Crippen LogP contribution in [0.5, 0.6) is 0 Å². The average molecular weight is 513 g/mol. The summed E-state index contributed by atoms with van der Waals surface area (Å²) >= 11 is 0. The first kappa shape index (κ1) is 24.5. The highest BCUT2D eigenvalue weighted by Gasteiger charge is 2.34. The molecule has 1 aromatic heterocycles. The van der Waals surface area contributed by atoms with E-state index in [4.69, 9.17) is 9.15 Å². The fourth-order valence-electron chi connectivity index (χ4n) is 4.59. The maximum absolute atomic E-state index is 13.8. The van der Waals surface area contributed by atoms with Crippen LogP contribution < -0.4 is 0 Å². The third kappa shape index (κ3) is 4.42. The number of carbonyl (C=O) groups is 2. The standard InChI is InChI=1S/C30H24O6S/c1-3-35-30(32)27-25-18-23(14-16-26(25)36-28(27)21-10-5-4-6-11-21)29(19(2)31)37(33,34)24-15-13-20-9-7-8-12-22(20)17-24/h4-18,29H,3H2,1-2H3. The van der Waals surface area contributed by atoms with Crippen LogP contribution in [0.4, 0.5) is 0 Å². The second-order valence-corrected chi connectivity index (χ2v) is 10.7. The number of ether oxygens (including phenoxy) is 1. The Hall–Kier alpha value is -4.23. The van der Waals surface area contributed by atoms with Gasteiger partial charge < -0.3 is 9.15 Å². The molecule has 186 valence electrons. The van der Waals surface area contributed by atoms with Crippen molar-refractivity contribution in [2.45, 2.75) is 24.0 Å². The second-order valence-electron chi connectivity index (χ2n) is 8.69. The number of furan rings is 1. The van der Waals surface area contributed by atoms with E-state index in [0.717, 1.165) is 10.8 Å². The summed E-state index contributed by atoms with van der Waals surface area (Å²) in [5, 5.41) is 0.583. The van der Waals surface area contributed by atoms with Gasteiger partial charge in [0.05, 0.1) is 11.5 Å². The second kappa shape index (κ2) is 9.67. The molecule has 0 aliphatic rings. The van der Waals surface area contributed by atoms with Crippen molar-refractivity contribution in [3.8, 4) is 11.3 Å². The van der Waals surface area contributed by atoms with Crippen molar-refractivity contribution >= 4 is 43.3 Å². The number of Topliss-reactive ketones (excluding diaryl/α,β-unsaturated/α-hetero) is 1. The van der Waals surface area contributed by atoms with E-state index in [-0.39, 0.29) is 22.6 Å². The molecule has 0 aliphatic carbocycles. The highest BCUT2D eigenvalue weighted by atomic mass is 32.2. The number of ketones is 1. The summed E-state index contributed by atoms with van der Waals surface area (Å²) in [4.78, 5) is 25.9. The van der Waals surface area contributed by atoms with Gasteiger partial charge in [0.15, 0.2) is 15.6 Å². The van der Waals surface area contributed by atoms with Crippen LogP contribution in [0.15, 0.2) is 100 Å². The predicted molar refractivity (Wildman–Crippen MR) is 142 cm³/mol. The number of esters is 1. The van der Waals surface area contributed by atoms with Crippen molar-refractivity contribution in [2.24, 2.45) is 0 Å². The average Bonchev–Trinajstić information content (AvgIpc) is 3.28. The molecule has 5 rings (SSSR count). The SMILES string of the molecule is CCOC(=O)c1c(-c2ccccc2)oc2ccc(C(C(C)=O)S(=O)(=O)c3ccc4ccccc4c3)cc12. The van der Waals surface area contributed by atoms with E-state index in [1.807, 2.05) is 54.6 Å². The lowest BCUT2D eigenvalue weighted by Gasteiger charge is -2.16. The Kier molecular flexibility index (Phi) is 6.39. The molecule has 1 unspecified atom stereocenters. The lowest BCUT2D eigenvalue weighted by Crippen LogP contribution is -2.20. The maximum atomic E-state index is 13.8. The molecule has 0 fully saturated rings. The van der Waals surface area contributed by atoms with Crippen LogP contribution in [0.25, 0.3) is 33.1 Å². The first-order chi connectivity index (χ1) is 17.8. The zero-order valence-electron chi connectivity index (χ0n) is 20.3. The molecule has 1 atom stereocenters. The van der Waals surface area contributed by atoms with Gasteiger partial charge in [-0.15, -0.1) is 0 Å². The van der Waals surface area contributed by atoms with E-state index in [2.05, 4.69) is 0 Å². The molecular weight excluding hydrogens is 488 g/mol. The Morgan fingerprint density at radius 2 is 1.57 bits per heavy atom. The summed E-state index contributed by atoms with van der Waals surface area (Å²) < 4.78 is 38.9. The van der Waals surface area contributed by atoms with Crippen LogP contribution in [-0.2, 0) is 19.4 Å². The first-order valence-corrected chi connectivity index (χ1v) is 13.4. The summed E-state index contributed by atoms with van der Waals surface area (Å²) in [6.07, 6.45) is 0. The largest absolute Gasteiger partial charge is 0.462 e. The number of hydrogen-bond donors (Lipinski definition) is 0. The Morgan fingerprint density at radius 1 is 0.865 bits per heavy atom. The fourth-order valence-corrected chi connectivity index (χ4v) is 6.35. The topological polar surface area (TPSA) is 90.7 Å². The zero-order chi connectivity index (χ0) is 26.2. The molecule has 5 aromatic rings. The van der Waals surface area contributed by atoms with E-state index in [1.54, 1.807) is 37.3 Å². The molecule has 1 heterocycles. The van der Waals surface area contributed by atoms with Crippen LogP contribution in [0.1, 0.15) is 35.0 Å². The Labute approximate surface area is 214 Å². The molecule has 0 saturated carbocycles. The van der Waals surface area contributed by atoms with Crippen molar-refractivity contribution in [2.75, 3.05) is 6.61 Å². The highest BCUT2D eigenvalue weighted by molar-refractivity contribution is 7.92. The van der Waals surface area contributed by atoms with Gasteiger partial charge in [-0.2, -0.15) is 0 Å². The summed E-state index contributed by atoms with van der Waals surface area (Å²) in [6.45, 7) is 3.12. The number of sulfone groups is 1. The summed E-state index contributed by atoms with van der Waals surface area (Å²) in [7, 11) is -4.10. The Bertz CT molecular complexity index is 1750. The van der Waals surface area contributed by atoms with Crippen molar-refractivity contribution in [1.82, 2.24) is 0 Å². The third-order valence-corrected chi connectivity index (χ3v) is 8.40. The Morgan fingerprint density at radius 3 is 2.27 bits per heavy atom. The molecule has 0 N–H and O–H groups in total. The molecule has 4 aromatic carbocycles. The summed E-state index contributed by atoms with van der Waals surface area (Å²) in [6, 6.07) is 26.0. The number of rotatable bonds is 7. The molecule has 37 heavy (non-hydrogen) atoms. The van der Waals surface area contributed by atoms with Crippen LogP contribution in [0.3, 0.4) is 0 Å². The molecule has 6 nitrogen and oxygen atoms in total. The third-order valence-electron chi connectivity index (χ3n) is 6.26. The van der Waals surface area contributed by atoms with Crippen molar-refractivity contribution in [3.05, 3.63) is 102 Å². The van der Waals surface area contributed by atoms with Gasteiger partial charge in [0.1, 0.15) is 22.2 Å². The van der Waals surface area contributed by atoms with Gasteiger partial charge in [-0.25, -0.2) is 13.2 Å². The van der Waals surface area contributed by atoms with Crippen LogP contribution in [0.2, 0.25) is 0 Å². The molecule has 0 bridgehead atoms. The van der Waals surface area contributed by atoms with E-state index in [1.165, 1.54) is 13.0 Å². The monoisotopic (exact) mass is 512 g/mol. The fraction of sp³-hybridized carbons (Fsp3) is 0.133. The minimum Gasteiger partial charge on any atom is -0.462 e. The van der Waals surface area contributed by atoms with Gasteiger partial charge in [0.2, 0.25) is 0 Å². The first-order valence-electron chi connectivity index (χ1n) is 11.8. The smallest absolute Gasteiger partial charge is 0.342 e. The van der Waals surface area contributed by atoms with Crippen molar-refractivity contribution < 1.29 is 27.2 Å². The van der Waals surface area contributed by atoms with Gasteiger partial charge in [0.25, 0.3) is 0 Å².